The van der Waals surface area contributed by atoms with Crippen LogP contribution in [0, 0.1) is 0 Å². The van der Waals surface area contributed by atoms with E-state index >= 15 is 0 Å². The monoisotopic (exact) mass is 223 g/mol. The maximum atomic E-state index is 11.3. The van der Waals surface area contributed by atoms with Gasteiger partial charge in [-0.25, -0.2) is 0 Å². The number of amides is 1. The van der Waals surface area contributed by atoms with E-state index in [1.807, 2.05) is 6.07 Å². The number of aliphatic hydroxyl groups excluding tert-OH is 1. The number of nitrogens with one attached hydrogen (secondary N) is 1. The number of phenols is 1. The van der Waals surface area contributed by atoms with Crippen molar-refractivity contribution in [2.75, 3.05) is 6.54 Å². The fraction of sp³-hybridized carbons (Fsp3) is 0.417. The third-order valence-electron chi connectivity index (χ3n) is 2.21. The third kappa shape index (κ3) is 4.31. The standard InChI is InChI=1S/C12H17NO3/c1-9(14)8-13-12(16)7-6-10-4-2-3-5-11(10)15/h2-5,9,14-15H,6-8H2,1H3,(H,13,16). The molecule has 0 fully saturated rings. The summed E-state index contributed by atoms with van der Waals surface area (Å²) in [5.41, 5.74) is 0.759. The molecular weight excluding hydrogens is 206 g/mol. The molecule has 4 nitrogen and oxygen atoms in total. The second-order valence-electron chi connectivity index (χ2n) is 3.78. The van der Waals surface area contributed by atoms with Crippen molar-refractivity contribution in [3.8, 4) is 5.75 Å². The molecule has 1 aromatic carbocycles. The molecule has 4 heteroatoms. The van der Waals surface area contributed by atoms with Crippen LogP contribution in [-0.4, -0.2) is 28.8 Å². The molecule has 88 valence electrons. The van der Waals surface area contributed by atoms with Gasteiger partial charge in [-0.15, -0.1) is 0 Å². The number of hydrogen-bond donors (Lipinski definition) is 3. The molecular formula is C12H17NO3. The van der Waals surface area contributed by atoms with E-state index in [-0.39, 0.29) is 18.2 Å². The first-order valence-electron chi connectivity index (χ1n) is 5.31. The first-order valence-corrected chi connectivity index (χ1v) is 5.31. The molecule has 0 saturated carbocycles. The van der Waals surface area contributed by atoms with Gasteiger partial charge in [-0.05, 0) is 25.0 Å². The molecule has 0 aliphatic rings. The minimum Gasteiger partial charge on any atom is -0.508 e. The number of phenolic OH excluding ortho intramolecular Hbond substituents is 1. The Kier molecular flexibility index (Phi) is 4.79. The molecule has 0 spiro atoms. The van der Waals surface area contributed by atoms with E-state index in [0.29, 0.717) is 12.8 Å². The van der Waals surface area contributed by atoms with Gasteiger partial charge in [-0.3, -0.25) is 4.79 Å². The zero-order valence-electron chi connectivity index (χ0n) is 9.31. The molecule has 1 rings (SSSR count). The van der Waals surface area contributed by atoms with Gasteiger partial charge in [0.2, 0.25) is 5.91 Å². The van der Waals surface area contributed by atoms with Crippen LogP contribution in [0.3, 0.4) is 0 Å². The molecule has 3 N–H and O–H groups in total. The number of aryl methyl sites for hydroxylation is 1. The van der Waals surface area contributed by atoms with E-state index < -0.39 is 6.10 Å². The number of benzene rings is 1. The summed E-state index contributed by atoms with van der Waals surface area (Å²) < 4.78 is 0. The lowest BCUT2D eigenvalue weighted by Gasteiger charge is -2.07. The van der Waals surface area contributed by atoms with Crippen LogP contribution in [0.5, 0.6) is 5.75 Å². The van der Waals surface area contributed by atoms with Crippen LogP contribution in [0.25, 0.3) is 0 Å². The van der Waals surface area contributed by atoms with Crippen LogP contribution in [0.15, 0.2) is 24.3 Å². The third-order valence-corrected chi connectivity index (χ3v) is 2.21. The summed E-state index contributed by atoms with van der Waals surface area (Å²) in [4.78, 5) is 11.3. The van der Waals surface area contributed by atoms with Crippen LogP contribution in [0.1, 0.15) is 18.9 Å². The van der Waals surface area contributed by atoms with Crippen molar-refractivity contribution in [3.63, 3.8) is 0 Å². The smallest absolute Gasteiger partial charge is 0.220 e. The topological polar surface area (TPSA) is 69.6 Å². The van der Waals surface area contributed by atoms with Gasteiger partial charge in [0.05, 0.1) is 6.10 Å². The number of hydrogen-bond acceptors (Lipinski definition) is 3. The van der Waals surface area contributed by atoms with Crippen LogP contribution in [0.2, 0.25) is 0 Å². The average molecular weight is 223 g/mol. The Morgan fingerprint density at radius 1 is 1.44 bits per heavy atom. The van der Waals surface area contributed by atoms with Crippen LogP contribution in [-0.2, 0) is 11.2 Å². The maximum Gasteiger partial charge on any atom is 0.220 e. The zero-order valence-corrected chi connectivity index (χ0v) is 9.31. The summed E-state index contributed by atoms with van der Waals surface area (Å²) in [5, 5.41) is 21.0. The van der Waals surface area contributed by atoms with Crippen molar-refractivity contribution in [3.05, 3.63) is 29.8 Å². The van der Waals surface area contributed by atoms with Gasteiger partial charge in [-0.1, -0.05) is 18.2 Å². The number of aromatic hydroxyl groups is 1. The second-order valence-corrected chi connectivity index (χ2v) is 3.78. The van der Waals surface area contributed by atoms with Gasteiger partial charge < -0.3 is 15.5 Å². The number of para-hydroxylation sites is 1. The van der Waals surface area contributed by atoms with Gasteiger partial charge in [0.25, 0.3) is 0 Å². The highest BCUT2D eigenvalue weighted by Gasteiger charge is 2.05. The van der Waals surface area contributed by atoms with Gasteiger partial charge >= 0.3 is 0 Å². The van der Waals surface area contributed by atoms with Crippen LogP contribution < -0.4 is 5.32 Å². The van der Waals surface area contributed by atoms with E-state index in [0.717, 1.165) is 5.56 Å². The van der Waals surface area contributed by atoms with Crippen LogP contribution >= 0.6 is 0 Å². The van der Waals surface area contributed by atoms with E-state index in [1.165, 1.54) is 0 Å². The largest absolute Gasteiger partial charge is 0.508 e. The van der Waals surface area contributed by atoms with E-state index in [2.05, 4.69) is 5.32 Å². The summed E-state index contributed by atoms with van der Waals surface area (Å²) >= 11 is 0. The van der Waals surface area contributed by atoms with Crippen molar-refractivity contribution in [2.24, 2.45) is 0 Å². The number of rotatable bonds is 5. The Hall–Kier alpha value is -1.55. The van der Waals surface area contributed by atoms with Gasteiger partial charge in [0.1, 0.15) is 5.75 Å². The lowest BCUT2D eigenvalue weighted by atomic mass is 10.1. The van der Waals surface area contributed by atoms with Gasteiger partial charge in [-0.2, -0.15) is 0 Å². The first kappa shape index (κ1) is 12.5. The second kappa shape index (κ2) is 6.12. The van der Waals surface area contributed by atoms with Gasteiger partial charge in [0.15, 0.2) is 0 Å². The molecule has 0 radical (unpaired) electrons. The van der Waals surface area contributed by atoms with Crippen LogP contribution in [0.4, 0.5) is 0 Å². The van der Waals surface area contributed by atoms with Crippen molar-refractivity contribution in [1.29, 1.82) is 0 Å². The Morgan fingerprint density at radius 2 is 2.12 bits per heavy atom. The SMILES string of the molecule is CC(O)CNC(=O)CCc1ccccc1O. The summed E-state index contributed by atoms with van der Waals surface area (Å²) in [6.07, 6.45) is 0.275. The zero-order chi connectivity index (χ0) is 12.0. The molecule has 0 aromatic heterocycles. The predicted molar refractivity (Wildman–Crippen MR) is 61.1 cm³/mol. The molecule has 16 heavy (non-hydrogen) atoms. The fourth-order valence-corrected chi connectivity index (χ4v) is 1.32. The lowest BCUT2D eigenvalue weighted by molar-refractivity contribution is -0.121. The van der Waals surface area contributed by atoms with Crippen molar-refractivity contribution in [1.82, 2.24) is 5.32 Å². The van der Waals surface area contributed by atoms with E-state index in [1.54, 1.807) is 25.1 Å². The van der Waals surface area contributed by atoms with Crippen molar-refractivity contribution >= 4 is 5.91 Å². The molecule has 0 saturated heterocycles. The Labute approximate surface area is 94.9 Å². The number of carbonyl (C=O) groups is 1. The lowest BCUT2D eigenvalue weighted by Crippen LogP contribution is -2.30. The Morgan fingerprint density at radius 3 is 2.75 bits per heavy atom. The molecule has 1 aromatic rings. The van der Waals surface area contributed by atoms with E-state index in [9.17, 15) is 9.90 Å². The van der Waals surface area contributed by atoms with Gasteiger partial charge in [0, 0.05) is 13.0 Å². The minimum atomic E-state index is -0.533. The quantitative estimate of drug-likeness (QED) is 0.692. The Bertz CT molecular complexity index is 350. The molecule has 0 aliphatic carbocycles. The fourth-order valence-electron chi connectivity index (χ4n) is 1.32. The maximum absolute atomic E-state index is 11.3. The molecule has 0 aliphatic heterocycles. The summed E-state index contributed by atoms with van der Waals surface area (Å²) in [7, 11) is 0. The highest BCUT2D eigenvalue weighted by Crippen LogP contribution is 2.16. The molecule has 1 atom stereocenters. The molecule has 1 unspecified atom stereocenters. The van der Waals surface area contributed by atoms with Crippen molar-refractivity contribution < 1.29 is 15.0 Å². The number of aliphatic hydroxyl groups is 1. The predicted octanol–water partition coefficient (Wildman–Crippen LogP) is 0.822. The summed E-state index contributed by atoms with van der Waals surface area (Å²) in [5.74, 6) is 0.0926. The van der Waals surface area contributed by atoms with E-state index in [4.69, 9.17) is 5.11 Å². The number of carbonyl (C=O) groups excluding carboxylic acids is 1. The molecule has 1 amide bonds. The minimum absolute atomic E-state index is 0.121. The summed E-state index contributed by atoms with van der Waals surface area (Å²) in [6, 6.07) is 6.95. The molecule has 0 heterocycles. The Balaban J connectivity index is 2.35. The normalized spacial score (nSPS) is 12.1. The molecule has 0 bridgehead atoms. The summed E-state index contributed by atoms with van der Waals surface area (Å²) in [6.45, 7) is 1.88. The highest BCUT2D eigenvalue weighted by molar-refractivity contribution is 5.76. The first-order chi connectivity index (χ1) is 7.59. The average Bonchev–Trinajstić information content (AvgIpc) is 2.25. The highest BCUT2D eigenvalue weighted by atomic mass is 16.3. The van der Waals surface area contributed by atoms with Crippen molar-refractivity contribution in [2.45, 2.75) is 25.9 Å².